The van der Waals surface area contributed by atoms with E-state index in [0.717, 1.165) is 31.2 Å². The normalized spacial score (nSPS) is 16.1. The Morgan fingerprint density at radius 2 is 1.66 bits per heavy atom. The van der Waals surface area contributed by atoms with Crippen molar-refractivity contribution >= 4 is 21.8 Å². The van der Waals surface area contributed by atoms with Gasteiger partial charge in [-0.15, -0.1) is 0 Å². The summed E-state index contributed by atoms with van der Waals surface area (Å²) in [6, 6.07) is 20.4. The lowest BCUT2D eigenvalue weighted by atomic mass is 9.97. The van der Waals surface area contributed by atoms with Gasteiger partial charge in [-0.1, -0.05) is 54.1 Å². The van der Waals surface area contributed by atoms with Crippen LogP contribution < -0.4 is 10.1 Å². The topological polar surface area (TPSA) is 105 Å². The van der Waals surface area contributed by atoms with Crippen LogP contribution in [-0.4, -0.2) is 74.9 Å². The summed E-state index contributed by atoms with van der Waals surface area (Å²) in [6.07, 6.45) is 7.73. The molecule has 1 unspecified atom stereocenters. The van der Waals surface area contributed by atoms with Gasteiger partial charge >= 0.3 is 0 Å². The van der Waals surface area contributed by atoms with E-state index in [0.29, 0.717) is 31.1 Å². The lowest BCUT2D eigenvalue weighted by molar-refractivity contribution is -0.142. The van der Waals surface area contributed by atoms with E-state index in [1.165, 1.54) is 57.6 Å². The number of nitrogens with one attached hydrogen (secondary N) is 1. The van der Waals surface area contributed by atoms with E-state index in [9.17, 15) is 22.4 Å². The van der Waals surface area contributed by atoms with Crippen molar-refractivity contribution in [3.05, 3.63) is 107 Å². The van der Waals surface area contributed by atoms with Crippen molar-refractivity contribution in [2.75, 3.05) is 39.5 Å². The van der Waals surface area contributed by atoms with E-state index in [4.69, 9.17) is 9.47 Å². The summed E-state index contributed by atoms with van der Waals surface area (Å²) in [5.74, 6) is -0.806. The predicted molar refractivity (Wildman–Crippen MR) is 177 cm³/mol. The predicted octanol–water partition coefficient (Wildman–Crippen LogP) is 4.87. The maximum absolute atomic E-state index is 13.9. The molecule has 1 N–H and O–H groups in total. The number of hydrogen-bond donors (Lipinski definition) is 1. The summed E-state index contributed by atoms with van der Waals surface area (Å²) < 4.78 is 52.3. The number of halogens is 1. The molecular formula is C36H42FN3O6S. The largest absolute Gasteiger partial charge is 0.484 e. The number of morpholine rings is 1. The van der Waals surface area contributed by atoms with Crippen LogP contribution in [0.1, 0.15) is 43.2 Å². The highest BCUT2D eigenvalue weighted by molar-refractivity contribution is 7.89. The number of carbonyl (C=O) groups excluding carboxylic acids is 2. The highest BCUT2D eigenvalue weighted by atomic mass is 32.2. The van der Waals surface area contributed by atoms with Gasteiger partial charge < -0.3 is 19.7 Å². The van der Waals surface area contributed by atoms with Crippen molar-refractivity contribution in [3.63, 3.8) is 0 Å². The third kappa shape index (κ3) is 9.73. The van der Waals surface area contributed by atoms with Crippen LogP contribution in [0.15, 0.2) is 95.4 Å². The van der Waals surface area contributed by atoms with Crippen molar-refractivity contribution in [1.29, 1.82) is 0 Å². The van der Waals surface area contributed by atoms with Gasteiger partial charge in [0.05, 0.1) is 18.1 Å². The monoisotopic (exact) mass is 663 g/mol. The Morgan fingerprint density at radius 1 is 0.936 bits per heavy atom. The SMILES string of the molecule is O=C(NCCC1=CCCCC1)C(Cc1ccccc1)N(Cc1ccc(F)cc1)C(=O)COc1ccc(S(=O)(=O)N2CCOCC2)cc1. The fourth-order valence-corrected chi connectivity index (χ4v) is 7.22. The summed E-state index contributed by atoms with van der Waals surface area (Å²) in [6.45, 7) is 1.40. The molecule has 0 bridgehead atoms. The lowest BCUT2D eigenvalue weighted by Crippen LogP contribution is -2.51. The number of allylic oxidation sites excluding steroid dienone is 1. The van der Waals surface area contributed by atoms with Crippen molar-refractivity contribution in [2.45, 2.75) is 56.0 Å². The summed E-state index contributed by atoms with van der Waals surface area (Å²) in [5.41, 5.74) is 2.89. The number of sulfonamides is 1. The molecular weight excluding hydrogens is 621 g/mol. The maximum atomic E-state index is 13.9. The zero-order valence-corrected chi connectivity index (χ0v) is 27.3. The van der Waals surface area contributed by atoms with E-state index >= 15 is 0 Å². The van der Waals surface area contributed by atoms with Gasteiger partial charge in [-0.05, 0) is 79.6 Å². The van der Waals surface area contributed by atoms with Crippen LogP contribution in [-0.2, 0) is 37.3 Å². The van der Waals surface area contributed by atoms with Gasteiger partial charge in [-0.2, -0.15) is 4.31 Å². The van der Waals surface area contributed by atoms with Crippen LogP contribution in [0.3, 0.4) is 0 Å². The van der Waals surface area contributed by atoms with Crippen molar-refractivity contribution in [2.24, 2.45) is 0 Å². The summed E-state index contributed by atoms with van der Waals surface area (Å²) in [7, 11) is -3.68. The molecule has 5 rings (SSSR count). The molecule has 0 aromatic heterocycles. The Hall–Kier alpha value is -4.06. The second-order valence-corrected chi connectivity index (χ2v) is 13.7. The number of carbonyl (C=O) groups is 2. The summed E-state index contributed by atoms with van der Waals surface area (Å²) in [5, 5.41) is 3.06. The van der Waals surface area contributed by atoms with Gasteiger partial charge in [0, 0.05) is 32.6 Å². The molecule has 11 heteroatoms. The highest BCUT2D eigenvalue weighted by Crippen LogP contribution is 2.22. The van der Waals surface area contributed by atoms with Crippen molar-refractivity contribution < 1.29 is 31.9 Å². The minimum Gasteiger partial charge on any atom is -0.484 e. The fraction of sp³-hybridized carbons (Fsp3) is 0.389. The third-order valence-corrected chi connectivity index (χ3v) is 10.4. The number of amides is 2. The number of ether oxygens (including phenoxy) is 2. The average molecular weight is 664 g/mol. The first-order chi connectivity index (χ1) is 22.8. The molecule has 1 atom stereocenters. The number of nitrogens with zero attached hydrogens (tertiary/aromatic N) is 2. The van der Waals surface area contributed by atoms with Gasteiger partial charge in [-0.25, -0.2) is 12.8 Å². The van der Waals surface area contributed by atoms with E-state index in [1.807, 2.05) is 30.3 Å². The molecule has 0 radical (unpaired) electrons. The molecule has 47 heavy (non-hydrogen) atoms. The van der Waals surface area contributed by atoms with Crippen LogP contribution in [0.2, 0.25) is 0 Å². The van der Waals surface area contributed by atoms with Crippen LogP contribution in [0.4, 0.5) is 4.39 Å². The van der Waals surface area contributed by atoms with Gasteiger partial charge in [0.25, 0.3) is 5.91 Å². The Labute approximate surface area is 276 Å². The maximum Gasteiger partial charge on any atom is 0.261 e. The molecule has 0 spiro atoms. The van der Waals surface area contributed by atoms with E-state index in [1.54, 1.807) is 12.1 Å². The Kier molecular flexibility index (Phi) is 12.2. The molecule has 3 aromatic carbocycles. The third-order valence-electron chi connectivity index (χ3n) is 8.46. The molecule has 9 nitrogen and oxygen atoms in total. The molecule has 1 aliphatic carbocycles. The number of benzene rings is 3. The minimum atomic E-state index is -3.68. The molecule has 1 aliphatic heterocycles. The molecule has 250 valence electrons. The van der Waals surface area contributed by atoms with Crippen molar-refractivity contribution in [1.82, 2.24) is 14.5 Å². The van der Waals surface area contributed by atoms with E-state index < -0.39 is 27.8 Å². The van der Waals surface area contributed by atoms with Crippen LogP contribution in [0.5, 0.6) is 5.75 Å². The van der Waals surface area contributed by atoms with Gasteiger partial charge in [-0.3, -0.25) is 9.59 Å². The summed E-state index contributed by atoms with van der Waals surface area (Å²) in [4.78, 5) is 29.3. The quantitative estimate of drug-likeness (QED) is 0.247. The highest BCUT2D eigenvalue weighted by Gasteiger charge is 2.31. The summed E-state index contributed by atoms with van der Waals surface area (Å²) >= 11 is 0. The smallest absolute Gasteiger partial charge is 0.261 e. The van der Waals surface area contributed by atoms with Crippen molar-refractivity contribution in [3.8, 4) is 5.75 Å². The fourth-order valence-electron chi connectivity index (χ4n) is 5.81. The number of rotatable bonds is 14. The molecule has 1 heterocycles. The molecule has 2 amide bonds. The molecule has 1 fully saturated rings. The minimum absolute atomic E-state index is 0.0648. The van der Waals surface area contributed by atoms with Gasteiger partial charge in [0.2, 0.25) is 15.9 Å². The first-order valence-electron chi connectivity index (χ1n) is 16.1. The van der Waals surface area contributed by atoms with Gasteiger partial charge in [0.15, 0.2) is 6.61 Å². The molecule has 3 aromatic rings. The Balaban J connectivity index is 1.32. The molecule has 0 saturated carbocycles. The zero-order chi connectivity index (χ0) is 33.1. The molecule has 2 aliphatic rings. The standard InChI is InChI=1S/C36H42FN3O6S/c37-31-13-11-30(12-14-31)26-40(34(25-29-9-5-2-6-10-29)36(42)38-20-19-28-7-3-1-4-8-28)35(41)27-46-32-15-17-33(18-16-32)47(43,44)39-21-23-45-24-22-39/h2,5-7,9-18,34H,1,3-4,8,19-27H2,(H,38,42). The lowest BCUT2D eigenvalue weighted by Gasteiger charge is -2.31. The van der Waals surface area contributed by atoms with Crippen LogP contribution in [0, 0.1) is 5.82 Å². The molecule has 1 saturated heterocycles. The van der Waals surface area contributed by atoms with Crippen LogP contribution in [0.25, 0.3) is 0 Å². The van der Waals surface area contributed by atoms with E-state index in [2.05, 4.69) is 11.4 Å². The first kappa shape index (κ1) is 34.3. The van der Waals surface area contributed by atoms with Crippen LogP contribution >= 0.6 is 0 Å². The van der Waals surface area contributed by atoms with E-state index in [-0.39, 0.29) is 43.5 Å². The first-order valence-corrected chi connectivity index (χ1v) is 17.6. The second-order valence-electron chi connectivity index (χ2n) is 11.8. The second kappa shape index (κ2) is 16.7. The van der Waals surface area contributed by atoms with Gasteiger partial charge in [0.1, 0.15) is 17.6 Å². The number of hydrogen-bond acceptors (Lipinski definition) is 6. The Morgan fingerprint density at radius 3 is 2.34 bits per heavy atom. The zero-order valence-electron chi connectivity index (χ0n) is 26.5. The average Bonchev–Trinajstić information content (AvgIpc) is 3.11. The Bertz CT molecular complexity index is 1610.